The minimum atomic E-state index is -1.43. The summed E-state index contributed by atoms with van der Waals surface area (Å²) in [6.07, 6.45) is 0. The summed E-state index contributed by atoms with van der Waals surface area (Å²) in [6.45, 7) is 10.6. The van der Waals surface area contributed by atoms with Gasteiger partial charge < -0.3 is 6.55 Å². The van der Waals surface area contributed by atoms with Gasteiger partial charge in [-0.25, -0.2) is 0 Å². The smallest absolute Gasteiger partial charge is 0.337 e. The molecule has 1 rings (SSSR count). The number of rotatable bonds is 1. The quantitative estimate of drug-likeness (QED) is 0.377. The molecule has 60 valence electrons. The zero-order valence-electron chi connectivity index (χ0n) is 8.39. The first-order valence-electron chi connectivity index (χ1n) is 3.79. The van der Waals surface area contributed by atoms with Gasteiger partial charge in [0.2, 0.25) is 0 Å². The maximum absolute atomic E-state index is 4.44. The van der Waals surface area contributed by atoms with Crippen LogP contribution in [0.25, 0.3) is 0 Å². The zero-order valence-corrected chi connectivity index (χ0v) is 9.39. The summed E-state index contributed by atoms with van der Waals surface area (Å²) >= 11 is 0. The van der Waals surface area contributed by atoms with Gasteiger partial charge in [0.15, 0.2) is 0 Å². The second-order valence-electron chi connectivity index (χ2n) is 3.55. The maximum atomic E-state index is 4.44. The number of aryl methyl sites for hydroxylation is 1. The zero-order chi connectivity index (χ0) is 8.48. The van der Waals surface area contributed by atoms with E-state index in [0.29, 0.717) is 0 Å². The van der Waals surface area contributed by atoms with Crippen LogP contribution in [-0.4, -0.2) is 13.1 Å². The van der Waals surface area contributed by atoms with Crippen molar-refractivity contribution in [2.75, 3.05) is 0 Å². The molecule has 0 saturated heterocycles. The molecule has 0 aromatic carbocycles. The fourth-order valence-corrected chi connectivity index (χ4v) is 1.95. The SMILES string of the molecule is [CH2-][Si](C)(C)c1cccc(C)n1.[Li+]. The van der Waals surface area contributed by atoms with Gasteiger partial charge >= 0.3 is 18.9 Å². The molecule has 0 saturated carbocycles. The molecule has 1 nitrogen and oxygen atoms in total. The molecule has 0 bridgehead atoms. The van der Waals surface area contributed by atoms with Crippen molar-refractivity contribution in [3.8, 4) is 0 Å². The summed E-state index contributed by atoms with van der Waals surface area (Å²) < 4.78 is 0. The van der Waals surface area contributed by atoms with E-state index in [-0.39, 0.29) is 18.9 Å². The normalized spacial score (nSPS) is 10.7. The summed E-state index contributed by atoms with van der Waals surface area (Å²) in [5.41, 5.74) is 1.09. The van der Waals surface area contributed by atoms with Gasteiger partial charge in [0.05, 0.1) is 0 Å². The topological polar surface area (TPSA) is 12.9 Å². The molecule has 0 unspecified atom stereocenters. The Bertz CT molecular complexity index is 255. The first-order chi connectivity index (χ1) is 5.00. The van der Waals surface area contributed by atoms with E-state index in [9.17, 15) is 0 Å². The van der Waals surface area contributed by atoms with Crippen LogP contribution in [0.3, 0.4) is 0 Å². The van der Waals surface area contributed by atoms with Crippen molar-refractivity contribution in [2.24, 2.45) is 0 Å². The minimum absolute atomic E-state index is 0. The van der Waals surface area contributed by atoms with Crippen LogP contribution >= 0.6 is 0 Å². The Labute approximate surface area is 87.8 Å². The predicted octanol–water partition coefficient (Wildman–Crippen LogP) is -1.32. The minimum Gasteiger partial charge on any atom is -0.337 e. The Morgan fingerprint density at radius 2 is 1.92 bits per heavy atom. The predicted molar refractivity (Wildman–Crippen MR) is 51.4 cm³/mol. The average molecular weight is 171 g/mol. The molecule has 0 fully saturated rings. The number of nitrogens with zero attached hydrogens (tertiary/aromatic N) is 1. The third-order valence-electron chi connectivity index (χ3n) is 1.58. The van der Waals surface area contributed by atoms with E-state index in [0.717, 1.165) is 5.69 Å². The number of hydrogen-bond acceptors (Lipinski definition) is 1. The van der Waals surface area contributed by atoms with Crippen LogP contribution in [0.1, 0.15) is 5.69 Å². The van der Waals surface area contributed by atoms with Crippen molar-refractivity contribution in [3.05, 3.63) is 30.4 Å². The van der Waals surface area contributed by atoms with Crippen molar-refractivity contribution < 1.29 is 18.9 Å². The van der Waals surface area contributed by atoms with Crippen molar-refractivity contribution in [1.82, 2.24) is 4.98 Å². The van der Waals surface area contributed by atoms with E-state index in [1.165, 1.54) is 5.32 Å². The number of hydrogen-bond donors (Lipinski definition) is 0. The van der Waals surface area contributed by atoms with Gasteiger partial charge in [0, 0.05) is 5.69 Å². The van der Waals surface area contributed by atoms with Crippen molar-refractivity contribution in [3.63, 3.8) is 0 Å². The first kappa shape index (κ1) is 12.0. The Morgan fingerprint density at radius 1 is 1.33 bits per heavy atom. The van der Waals surface area contributed by atoms with Gasteiger partial charge in [-0.05, 0) is 32.4 Å². The molecular weight excluding hydrogens is 157 g/mol. The molecule has 3 heteroatoms. The second-order valence-corrected chi connectivity index (χ2v) is 7.83. The average Bonchev–Trinajstić information content (AvgIpc) is 1.86. The third kappa shape index (κ3) is 3.14. The van der Waals surface area contributed by atoms with Gasteiger partial charge in [-0.1, -0.05) is 19.2 Å². The molecule has 0 radical (unpaired) electrons. The van der Waals surface area contributed by atoms with Crippen molar-refractivity contribution in [1.29, 1.82) is 0 Å². The molecule has 0 aliphatic heterocycles. The Hall–Kier alpha value is -0.0357. The van der Waals surface area contributed by atoms with E-state index < -0.39 is 8.07 Å². The van der Waals surface area contributed by atoms with E-state index in [2.05, 4.69) is 36.8 Å². The van der Waals surface area contributed by atoms with Crippen LogP contribution in [0.2, 0.25) is 13.1 Å². The van der Waals surface area contributed by atoms with Crippen molar-refractivity contribution in [2.45, 2.75) is 20.0 Å². The van der Waals surface area contributed by atoms with Gasteiger partial charge in [0.1, 0.15) is 0 Å². The van der Waals surface area contributed by atoms with E-state index in [1.807, 2.05) is 13.0 Å². The molecule has 1 aromatic heterocycles. The van der Waals surface area contributed by atoms with Crippen molar-refractivity contribution >= 4 is 13.4 Å². The first-order valence-corrected chi connectivity index (χ1v) is 7.00. The fraction of sp³-hybridized carbons (Fsp3) is 0.333. The molecule has 1 aromatic rings. The van der Waals surface area contributed by atoms with Crippen LogP contribution in [0.15, 0.2) is 18.2 Å². The van der Waals surface area contributed by atoms with Crippen LogP contribution in [0.5, 0.6) is 0 Å². The third-order valence-corrected chi connectivity index (χ3v) is 3.25. The monoisotopic (exact) mass is 171 g/mol. The molecule has 0 aliphatic carbocycles. The van der Waals surface area contributed by atoms with Crippen LogP contribution in [-0.2, 0) is 0 Å². The fourth-order valence-electron chi connectivity index (χ4n) is 0.920. The molecule has 1 heterocycles. The molecule has 0 spiro atoms. The van der Waals surface area contributed by atoms with Gasteiger partial charge in [-0.15, -0.1) is 0 Å². The standard InChI is InChI=1S/C9H14NSi.Li/c1-8-6-5-7-9(10-8)11(2,3)4;/h5-7H,2H2,1,3-4H3;/q-1;+1. The summed E-state index contributed by atoms with van der Waals surface area (Å²) in [6, 6.07) is 6.15. The van der Waals surface area contributed by atoms with Gasteiger partial charge in [0.25, 0.3) is 0 Å². The molecule has 0 amide bonds. The molecular formula is C9H14LiNSi. The second kappa shape index (κ2) is 4.27. The van der Waals surface area contributed by atoms with Crippen LogP contribution < -0.4 is 24.2 Å². The van der Waals surface area contributed by atoms with Gasteiger partial charge in [-0.2, -0.15) is 0 Å². The molecule has 0 aliphatic rings. The number of pyridine rings is 1. The molecule has 12 heavy (non-hydrogen) atoms. The summed E-state index contributed by atoms with van der Waals surface area (Å²) in [7, 11) is -1.43. The van der Waals surface area contributed by atoms with E-state index >= 15 is 0 Å². The van der Waals surface area contributed by atoms with E-state index in [4.69, 9.17) is 0 Å². The molecule has 0 N–H and O–H groups in total. The Kier molecular flexibility index (Phi) is 4.26. The van der Waals surface area contributed by atoms with Gasteiger partial charge in [-0.3, -0.25) is 4.98 Å². The molecule has 0 atom stereocenters. The largest absolute Gasteiger partial charge is 1.00 e. The Morgan fingerprint density at radius 3 is 2.25 bits per heavy atom. The summed E-state index contributed by atoms with van der Waals surface area (Å²) in [5, 5.41) is 1.19. The summed E-state index contributed by atoms with van der Waals surface area (Å²) in [5.74, 6) is 0. The number of aromatic nitrogens is 1. The van der Waals surface area contributed by atoms with Crippen LogP contribution in [0, 0.1) is 13.5 Å². The maximum Gasteiger partial charge on any atom is 1.00 e. The van der Waals surface area contributed by atoms with Crippen LogP contribution in [0.4, 0.5) is 0 Å². The summed E-state index contributed by atoms with van der Waals surface area (Å²) in [4.78, 5) is 4.44. The van der Waals surface area contributed by atoms with E-state index in [1.54, 1.807) is 0 Å². The Balaban J connectivity index is 0.00000121.